The molecule has 0 aliphatic heterocycles. The topological polar surface area (TPSA) is 110 Å². The van der Waals surface area contributed by atoms with Crippen molar-refractivity contribution >= 4 is 0 Å². The molecule has 8 heavy (non-hydrogen) atoms. The highest BCUT2D eigenvalue weighted by Gasteiger charge is 1.77. The Bertz CT molecular complexity index is 24.0. The number of unbranched alkanes of at least 4 members (excludes halogenated alkanes) is 1. The van der Waals surface area contributed by atoms with Gasteiger partial charge in [-0.15, -0.1) is 0 Å². The van der Waals surface area contributed by atoms with E-state index in [4.69, 9.17) is 10.2 Å². The lowest BCUT2D eigenvalue weighted by Gasteiger charge is -1.85. The van der Waals surface area contributed by atoms with Crippen LogP contribution in [0.4, 0.5) is 0 Å². The first-order valence-electron chi connectivity index (χ1n) is 2.13. The van der Waals surface area contributed by atoms with Crippen LogP contribution in [0.15, 0.2) is 0 Å². The smallest absolute Gasteiger partial charge is 0.0431 e. The van der Waals surface area contributed by atoms with Crippen LogP contribution < -0.4 is 12.3 Å². The largest absolute Gasteiger partial charge is 0.396 e. The monoisotopic (exact) mass is 124 g/mol. The van der Waals surface area contributed by atoms with E-state index in [2.05, 4.69) is 0 Å². The molecular weight excluding hydrogens is 108 g/mol. The molecule has 4 heteroatoms. The summed E-state index contributed by atoms with van der Waals surface area (Å²) in [6.07, 6.45) is 1.44. The molecule has 0 heterocycles. The minimum absolute atomic E-state index is 0. The van der Waals surface area contributed by atoms with Gasteiger partial charge in [0.2, 0.25) is 0 Å². The Hall–Kier alpha value is -0.160. The van der Waals surface area contributed by atoms with Crippen molar-refractivity contribution in [2.45, 2.75) is 12.8 Å². The fraction of sp³-hybridized carbons (Fsp3) is 1.00. The Morgan fingerprint density at radius 1 is 0.750 bits per heavy atom. The Balaban J connectivity index is -0.000000125. The number of hydrogen-bond acceptors (Lipinski definition) is 4. The average Bonchev–Trinajstić information content (AvgIpc) is 1.61. The van der Waals surface area contributed by atoms with Gasteiger partial charge in [-0.05, 0) is 12.8 Å². The van der Waals surface area contributed by atoms with E-state index in [-0.39, 0.29) is 25.5 Å². The molecule has 0 bridgehead atoms. The van der Waals surface area contributed by atoms with Gasteiger partial charge >= 0.3 is 0 Å². The molecule has 0 saturated carbocycles. The Morgan fingerprint density at radius 3 is 1.12 bits per heavy atom. The molecule has 54 valence electrons. The molecule has 0 atom stereocenters. The van der Waals surface area contributed by atoms with Gasteiger partial charge in [0.05, 0.1) is 0 Å². The molecule has 0 rings (SSSR count). The van der Waals surface area contributed by atoms with Crippen LogP contribution in [0.25, 0.3) is 0 Å². The van der Waals surface area contributed by atoms with Crippen molar-refractivity contribution in [3.05, 3.63) is 0 Å². The standard InChI is InChI=1S/C4H10O2.2H3N/c5-3-1-2-4-6;;/h5-6H,1-4H2;2*1H3. The predicted molar refractivity (Wildman–Crippen MR) is 33.4 cm³/mol. The first kappa shape index (κ1) is 15.7. The summed E-state index contributed by atoms with van der Waals surface area (Å²) in [6, 6.07) is 0. The molecule has 0 aliphatic rings. The van der Waals surface area contributed by atoms with Gasteiger partial charge < -0.3 is 22.5 Å². The third kappa shape index (κ3) is 17.0. The molecule has 0 aromatic heterocycles. The fourth-order valence-electron chi connectivity index (χ4n) is 0.224. The van der Waals surface area contributed by atoms with Crippen LogP contribution in [-0.4, -0.2) is 23.4 Å². The Morgan fingerprint density at radius 2 is 1.00 bits per heavy atom. The van der Waals surface area contributed by atoms with E-state index in [1.54, 1.807) is 0 Å². The second-order valence-electron chi connectivity index (χ2n) is 1.15. The van der Waals surface area contributed by atoms with Crippen LogP contribution in [0.5, 0.6) is 0 Å². The van der Waals surface area contributed by atoms with Crippen LogP contribution in [0.3, 0.4) is 0 Å². The maximum absolute atomic E-state index is 8.09. The van der Waals surface area contributed by atoms with E-state index >= 15 is 0 Å². The lowest BCUT2D eigenvalue weighted by atomic mass is 10.3. The highest BCUT2D eigenvalue weighted by molar-refractivity contribution is 4.30. The summed E-state index contributed by atoms with van der Waals surface area (Å²) in [6.45, 7) is 0.390. The van der Waals surface area contributed by atoms with Crippen LogP contribution >= 0.6 is 0 Å². The average molecular weight is 124 g/mol. The van der Waals surface area contributed by atoms with E-state index in [9.17, 15) is 0 Å². The van der Waals surface area contributed by atoms with Gasteiger partial charge in [0.1, 0.15) is 0 Å². The van der Waals surface area contributed by atoms with Gasteiger partial charge in [-0.3, -0.25) is 0 Å². The molecule has 0 aliphatic carbocycles. The van der Waals surface area contributed by atoms with Gasteiger partial charge in [0.15, 0.2) is 0 Å². The van der Waals surface area contributed by atoms with Gasteiger partial charge in [0, 0.05) is 13.2 Å². The number of aliphatic hydroxyl groups is 2. The van der Waals surface area contributed by atoms with Crippen LogP contribution in [-0.2, 0) is 0 Å². The summed E-state index contributed by atoms with van der Waals surface area (Å²) in [7, 11) is 0. The number of rotatable bonds is 3. The number of hydrogen-bond donors (Lipinski definition) is 4. The zero-order chi connectivity index (χ0) is 4.83. The molecule has 4 nitrogen and oxygen atoms in total. The molecule has 0 saturated heterocycles. The minimum atomic E-state index is 0. The minimum Gasteiger partial charge on any atom is -0.396 e. The lowest BCUT2D eigenvalue weighted by molar-refractivity contribution is 0.242. The van der Waals surface area contributed by atoms with Crippen molar-refractivity contribution in [3.8, 4) is 0 Å². The van der Waals surface area contributed by atoms with Crippen molar-refractivity contribution in [2.24, 2.45) is 0 Å². The van der Waals surface area contributed by atoms with E-state index in [1.165, 1.54) is 0 Å². The first-order chi connectivity index (χ1) is 2.91. The van der Waals surface area contributed by atoms with Crippen LogP contribution in [0, 0.1) is 0 Å². The lowest BCUT2D eigenvalue weighted by Crippen LogP contribution is -1.85. The molecule has 0 fully saturated rings. The second-order valence-corrected chi connectivity index (χ2v) is 1.15. The quantitative estimate of drug-likeness (QED) is 0.399. The summed E-state index contributed by atoms with van der Waals surface area (Å²) >= 11 is 0. The molecule has 8 N–H and O–H groups in total. The SMILES string of the molecule is N.N.OCCCCO. The molecule has 0 aromatic rings. The van der Waals surface area contributed by atoms with E-state index < -0.39 is 0 Å². The Labute approximate surface area is 49.7 Å². The van der Waals surface area contributed by atoms with Crippen LogP contribution in [0.1, 0.15) is 12.8 Å². The molecule has 0 unspecified atom stereocenters. The number of aliphatic hydroxyl groups excluding tert-OH is 2. The van der Waals surface area contributed by atoms with Gasteiger partial charge in [-0.25, -0.2) is 0 Å². The third-order valence-electron chi connectivity index (χ3n) is 0.566. The predicted octanol–water partition coefficient (Wildman–Crippen LogP) is 0.0752. The Kier molecular flexibility index (Phi) is 31.0. The van der Waals surface area contributed by atoms with E-state index in [0.29, 0.717) is 0 Å². The molecule has 0 amide bonds. The van der Waals surface area contributed by atoms with Gasteiger partial charge in [0.25, 0.3) is 0 Å². The summed E-state index contributed by atoms with van der Waals surface area (Å²) in [5.41, 5.74) is 0. The van der Waals surface area contributed by atoms with Crippen molar-refractivity contribution in [1.82, 2.24) is 12.3 Å². The van der Waals surface area contributed by atoms with E-state index in [0.717, 1.165) is 12.8 Å². The summed E-state index contributed by atoms with van der Waals surface area (Å²) in [5, 5.41) is 16.2. The molecule has 0 spiro atoms. The highest BCUT2D eigenvalue weighted by Crippen LogP contribution is 1.80. The van der Waals surface area contributed by atoms with Crippen molar-refractivity contribution in [1.29, 1.82) is 0 Å². The van der Waals surface area contributed by atoms with Crippen molar-refractivity contribution < 1.29 is 10.2 Å². The third-order valence-corrected chi connectivity index (χ3v) is 0.566. The zero-order valence-electron chi connectivity index (χ0n) is 5.14. The van der Waals surface area contributed by atoms with E-state index in [1.807, 2.05) is 0 Å². The zero-order valence-corrected chi connectivity index (χ0v) is 5.14. The maximum atomic E-state index is 8.09. The summed E-state index contributed by atoms with van der Waals surface area (Å²) < 4.78 is 0. The fourth-order valence-corrected chi connectivity index (χ4v) is 0.224. The molecular formula is C4H16N2O2. The second kappa shape index (κ2) is 15.8. The molecule has 0 aromatic carbocycles. The molecule has 0 radical (unpaired) electrons. The van der Waals surface area contributed by atoms with Crippen molar-refractivity contribution in [2.75, 3.05) is 13.2 Å². The van der Waals surface area contributed by atoms with Crippen molar-refractivity contribution in [3.63, 3.8) is 0 Å². The highest BCUT2D eigenvalue weighted by atomic mass is 16.3. The summed E-state index contributed by atoms with van der Waals surface area (Å²) in [5.74, 6) is 0. The van der Waals surface area contributed by atoms with Crippen LogP contribution in [0.2, 0.25) is 0 Å². The normalized spacial score (nSPS) is 6.75. The maximum Gasteiger partial charge on any atom is 0.0431 e. The van der Waals surface area contributed by atoms with Gasteiger partial charge in [-0.2, -0.15) is 0 Å². The summed E-state index contributed by atoms with van der Waals surface area (Å²) in [4.78, 5) is 0. The first-order valence-corrected chi connectivity index (χ1v) is 2.13. The van der Waals surface area contributed by atoms with Gasteiger partial charge in [-0.1, -0.05) is 0 Å².